The molecule has 0 radical (unpaired) electrons. The Morgan fingerprint density at radius 1 is 1.03 bits per heavy atom. The van der Waals surface area contributed by atoms with Crippen LogP contribution in [0.5, 0.6) is 0 Å². The molecule has 1 fully saturated rings. The summed E-state index contributed by atoms with van der Waals surface area (Å²) < 4.78 is 6.96. The molecule has 8 nitrogen and oxygen atoms in total. The van der Waals surface area contributed by atoms with Crippen LogP contribution < -0.4 is 16.0 Å². The zero-order valence-corrected chi connectivity index (χ0v) is 20.2. The number of fused-ring (bicyclic) bond motifs is 1. The van der Waals surface area contributed by atoms with Gasteiger partial charge in [-0.1, -0.05) is 42.5 Å². The van der Waals surface area contributed by atoms with E-state index in [0.717, 1.165) is 41.2 Å². The Hall–Kier alpha value is -4.17. The number of hydrogen-bond donors (Lipinski definition) is 3. The number of pyridine rings is 1. The fraction of sp³-hybridized carbons (Fsp3) is 0.250. The normalized spacial score (nSPS) is 12.9. The number of carbonyl (C=O) groups is 2. The molecule has 0 aliphatic heterocycles. The first-order chi connectivity index (χ1) is 17.6. The highest BCUT2D eigenvalue weighted by molar-refractivity contribution is 6.01. The molecule has 0 atom stereocenters. The number of ether oxygens (including phenoxy) is 1. The number of carbonyl (C=O) groups excluding carboxylic acids is 2. The molecule has 4 aromatic rings. The summed E-state index contributed by atoms with van der Waals surface area (Å²) in [5, 5.41) is 9.37. The quantitative estimate of drug-likeness (QED) is 0.292. The summed E-state index contributed by atoms with van der Waals surface area (Å²) in [6.45, 7) is 1.45. The lowest BCUT2D eigenvalue weighted by Crippen LogP contribution is -2.27. The predicted molar refractivity (Wildman–Crippen MR) is 140 cm³/mol. The zero-order chi connectivity index (χ0) is 24.9. The molecule has 2 heterocycles. The number of anilines is 2. The molecule has 3 N–H and O–H groups in total. The summed E-state index contributed by atoms with van der Waals surface area (Å²) >= 11 is 0. The molecule has 8 heteroatoms. The molecule has 184 valence electrons. The van der Waals surface area contributed by atoms with Gasteiger partial charge in [-0.25, -0.2) is 4.98 Å². The van der Waals surface area contributed by atoms with Crippen LogP contribution in [0, 0.1) is 5.92 Å². The van der Waals surface area contributed by atoms with E-state index < -0.39 is 0 Å². The third kappa shape index (κ3) is 5.23. The maximum Gasteiger partial charge on any atom is 0.255 e. The Morgan fingerprint density at radius 2 is 1.81 bits per heavy atom. The van der Waals surface area contributed by atoms with Gasteiger partial charge in [-0.05, 0) is 42.7 Å². The minimum atomic E-state index is -0.207. The van der Waals surface area contributed by atoms with Crippen LogP contribution in [0.25, 0.3) is 16.9 Å². The monoisotopic (exact) mass is 483 g/mol. The van der Waals surface area contributed by atoms with Crippen LogP contribution >= 0.6 is 0 Å². The smallest absolute Gasteiger partial charge is 0.255 e. The summed E-state index contributed by atoms with van der Waals surface area (Å²) in [6, 6.07) is 21.4. The number of rotatable bonds is 10. The van der Waals surface area contributed by atoms with Crippen molar-refractivity contribution in [3.05, 3.63) is 84.1 Å². The molecular weight excluding hydrogens is 454 g/mol. The van der Waals surface area contributed by atoms with Crippen LogP contribution in [0.1, 0.15) is 28.8 Å². The lowest BCUT2D eigenvalue weighted by atomic mass is 10.1. The van der Waals surface area contributed by atoms with Crippen molar-refractivity contribution in [2.75, 3.05) is 30.9 Å². The average molecular weight is 484 g/mol. The molecule has 36 heavy (non-hydrogen) atoms. The van der Waals surface area contributed by atoms with Gasteiger partial charge < -0.3 is 20.7 Å². The van der Waals surface area contributed by atoms with Gasteiger partial charge in [0.25, 0.3) is 5.91 Å². The molecule has 0 spiro atoms. The number of benzene rings is 2. The van der Waals surface area contributed by atoms with Crippen LogP contribution in [-0.2, 0) is 16.1 Å². The molecule has 1 saturated carbocycles. The Balaban J connectivity index is 1.49. The fourth-order valence-corrected chi connectivity index (χ4v) is 4.06. The van der Waals surface area contributed by atoms with Gasteiger partial charge in [-0.3, -0.25) is 14.0 Å². The van der Waals surface area contributed by atoms with Gasteiger partial charge in [0.15, 0.2) is 5.65 Å². The summed E-state index contributed by atoms with van der Waals surface area (Å²) in [7, 11) is 1.60. The van der Waals surface area contributed by atoms with Gasteiger partial charge >= 0.3 is 0 Å². The second-order valence-electron chi connectivity index (χ2n) is 8.85. The van der Waals surface area contributed by atoms with Gasteiger partial charge in [0.2, 0.25) is 5.91 Å². The van der Waals surface area contributed by atoms with Gasteiger partial charge in [0.05, 0.1) is 12.2 Å². The van der Waals surface area contributed by atoms with E-state index in [2.05, 4.69) is 28.1 Å². The van der Waals surface area contributed by atoms with E-state index >= 15 is 0 Å². The highest BCUT2D eigenvalue weighted by Gasteiger charge is 2.29. The predicted octanol–water partition coefficient (Wildman–Crippen LogP) is 4.34. The van der Waals surface area contributed by atoms with Crippen LogP contribution in [0.3, 0.4) is 0 Å². The Labute approximate surface area is 209 Å². The molecule has 0 unspecified atom stereocenters. The van der Waals surface area contributed by atoms with Crippen LogP contribution in [0.2, 0.25) is 0 Å². The van der Waals surface area contributed by atoms with Gasteiger partial charge in [0, 0.05) is 43.6 Å². The average Bonchev–Trinajstić information content (AvgIpc) is 3.70. The number of hydrogen-bond acceptors (Lipinski definition) is 5. The molecule has 2 amide bonds. The van der Waals surface area contributed by atoms with Gasteiger partial charge in [-0.15, -0.1) is 0 Å². The number of aromatic nitrogens is 2. The minimum Gasteiger partial charge on any atom is -0.383 e. The van der Waals surface area contributed by atoms with Crippen LogP contribution in [0.4, 0.5) is 11.5 Å². The Morgan fingerprint density at radius 3 is 2.53 bits per heavy atom. The van der Waals surface area contributed by atoms with Crippen LogP contribution in [-0.4, -0.2) is 41.5 Å². The summed E-state index contributed by atoms with van der Waals surface area (Å²) in [4.78, 5) is 29.9. The highest BCUT2D eigenvalue weighted by Crippen LogP contribution is 2.33. The zero-order valence-electron chi connectivity index (χ0n) is 20.2. The molecule has 0 saturated heterocycles. The van der Waals surface area contributed by atoms with Crippen molar-refractivity contribution >= 4 is 29.0 Å². The second-order valence-corrected chi connectivity index (χ2v) is 8.85. The largest absolute Gasteiger partial charge is 0.383 e. The maximum atomic E-state index is 12.9. The van der Waals surface area contributed by atoms with E-state index in [0.29, 0.717) is 30.9 Å². The van der Waals surface area contributed by atoms with Crippen molar-refractivity contribution in [2.24, 2.45) is 5.92 Å². The molecular formula is C28H29N5O3. The summed E-state index contributed by atoms with van der Waals surface area (Å²) in [5.74, 6) is 0.798. The van der Waals surface area contributed by atoms with E-state index in [4.69, 9.17) is 9.72 Å². The molecule has 1 aliphatic rings. The van der Waals surface area contributed by atoms with Crippen molar-refractivity contribution in [1.29, 1.82) is 0 Å². The third-order valence-corrected chi connectivity index (χ3v) is 6.16. The number of nitrogens with one attached hydrogen (secondary N) is 3. The number of nitrogens with zero attached hydrogens (tertiary/aromatic N) is 2. The molecule has 2 aromatic heterocycles. The molecule has 1 aliphatic carbocycles. The SMILES string of the molecule is COCCNC(=O)c1cccn2c(NCc3ccccc3)c(-c3ccc(NC(=O)C4CC4)cc3)nc12. The lowest BCUT2D eigenvalue weighted by molar-refractivity contribution is -0.117. The molecule has 5 rings (SSSR count). The minimum absolute atomic E-state index is 0.0739. The topological polar surface area (TPSA) is 96.8 Å². The van der Waals surface area contributed by atoms with E-state index in [1.54, 1.807) is 13.2 Å². The van der Waals surface area contributed by atoms with Gasteiger partial charge in [0.1, 0.15) is 11.5 Å². The van der Waals surface area contributed by atoms with Crippen molar-refractivity contribution in [1.82, 2.24) is 14.7 Å². The van der Waals surface area contributed by atoms with E-state index in [1.807, 2.05) is 59.1 Å². The number of imidazole rings is 1. The number of methoxy groups -OCH3 is 1. The Kier molecular flexibility index (Phi) is 6.95. The first kappa shape index (κ1) is 23.6. The van der Waals surface area contributed by atoms with E-state index in [9.17, 15) is 9.59 Å². The van der Waals surface area contributed by atoms with Crippen molar-refractivity contribution < 1.29 is 14.3 Å². The lowest BCUT2D eigenvalue weighted by Gasteiger charge is -2.10. The summed E-state index contributed by atoms with van der Waals surface area (Å²) in [6.07, 6.45) is 3.82. The van der Waals surface area contributed by atoms with Crippen molar-refractivity contribution in [2.45, 2.75) is 19.4 Å². The maximum absolute atomic E-state index is 12.9. The first-order valence-corrected chi connectivity index (χ1v) is 12.1. The van der Waals surface area contributed by atoms with E-state index in [1.165, 1.54) is 0 Å². The fourth-order valence-electron chi connectivity index (χ4n) is 4.06. The number of amides is 2. The van der Waals surface area contributed by atoms with Crippen molar-refractivity contribution in [3.63, 3.8) is 0 Å². The highest BCUT2D eigenvalue weighted by atomic mass is 16.5. The summed E-state index contributed by atoms with van der Waals surface area (Å²) in [5.41, 5.74) is 4.54. The van der Waals surface area contributed by atoms with Crippen molar-refractivity contribution in [3.8, 4) is 11.3 Å². The molecule has 2 aromatic carbocycles. The van der Waals surface area contributed by atoms with Gasteiger partial charge in [-0.2, -0.15) is 0 Å². The second kappa shape index (κ2) is 10.6. The Bertz CT molecular complexity index is 1360. The van der Waals surface area contributed by atoms with E-state index in [-0.39, 0.29) is 17.7 Å². The standard InChI is InChI=1S/C28H29N5O3/c1-36-17-15-29-28(35)23-8-5-16-33-25(23)32-24(26(33)30-18-19-6-3-2-4-7-19)20-11-13-22(14-12-20)31-27(34)21-9-10-21/h2-8,11-14,16,21,30H,9-10,15,17-18H2,1H3,(H,29,35)(H,31,34). The van der Waals surface area contributed by atoms with Crippen LogP contribution in [0.15, 0.2) is 72.9 Å². The molecule has 0 bridgehead atoms. The third-order valence-electron chi connectivity index (χ3n) is 6.16. The first-order valence-electron chi connectivity index (χ1n) is 12.1.